The normalized spacial score (nSPS) is 10.3. The van der Waals surface area contributed by atoms with E-state index in [2.05, 4.69) is 15.9 Å². The zero-order valence-corrected chi connectivity index (χ0v) is 16.4. The van der Waals surface area contributed by atoms with Crippen LogP contribution in [0.25, 0.3) is 0 Å². The standard InChI is InChI=1S/C18H20BrNO6/c1-4-24-17-14(19)8-12(9-15(17)23-3)18(22)26-11-16(21)20(2)10-13-6-5-7-25-13/h5-9H,4,10-11H2,1-3H3. The number of benzene rings is 1. The van der Waals surface area contributed by atoms with Crippen LogP contribution in [0.5, 0.6) is 11.5 Å². The highest BCUT2D eigenvalue weighted by atomic mass is 79.9. The van der Waals surface area contributed by atoms with E-state index in [0.29, 0.717) is 34.9 Å². The summed E-state index contributed by atoms with van der Waals surface area (Å²) in [6.07, 6.45) is 1.53. The minimum atomic E-state index is -0.633. The van der Waals surface area contributed by atoms with E-state index in [1.807, 2.05) is 6.92 Å². The monoisotopic (exact) mass is 425 g/mol. The van der Waals surface area contributed by atoms with E-state index in [1.54, 1.807) is 25.2 Å². The zero-order valence-electron chi connectivity index (χ0n) is 14.8. The summed E-state index contributed by atoms with van der Waals surface area (Å²) in [5.41, 5.74) is 0.249. The van der Waals surface area contributed by atoms with Crippen LogP contribution < -0.4 is 9.47 Å². The first-order valence-corrected chi connectivity index (χ1v) is 8.69. The Balaban J connectivity index is 1.98. The topological polar surface area (TPSA) is 78.2 Å². The molecule has 0 bridgehead atoms. The van der Waals surface area contributed by atoms with Crippen LogP contribution >= 0.6 is 15.9 Å². The number of esters is 1. The molecule has 0 atom stereocenters. The average molecular weight is 426 g/mol. The molecule has 2 aromatic rings. The van der Waals surface area contributed by atoms with Crippen LogP contribution in [0.2, 0.25) is 0 Å². The lowest BCUT2D eigenvalue weighted by Crippen LogP contribution is -2.30. The minimum Gasteiger partial charge on any atom is -0.493 e. The van der Waals surface area contributed by atoms with Gasteiger partial charge in [-0.15, -0.1) is 0 Å². The third-order valence-corrected chi connectivity index (χ3v) is 4.07. The molecule has 0 fully saturated rings. The second-order valence-electron chi connectivity index (χ2n) is 5.33. The molecule has 0 saturated heterocycles. The van der Waals surface area contributed by atoms with Gasteiger partial charge in [-0.3, -0.25) is 4.79 Å². The van der Waals surface area contributed by atoms with Gasteiger partial charge in [-0.1, -0.05) is 0 Å². The molecule has 0 radical (unpaired) electrons. The molecule has 1 aromatic carbocycles. The molecule has 0 aliphatic heterocycles. The summed E-state index contributed by atoms with van der Waals surface area (Å²) in [5, 5.41) is 0. The van der Waals surface area contributed by atoms with Crippen molar-refractivity contribution < 1.29 is 28.2 Å². The number of halogens is 1. The number of likely N-dealkylation sites (N-methyl/N-ethyl adjacent to an activating group) is 1. The Morgan fingerprint density at radius 3 is 2.69 bits per heavy atom. The first-order chi connectivity index (χ1) is 12.5. The van der Waals surface area contributed by atoms with Crippen LogP contribution in [-0.2, 0) is 16.1 Å². The number of carbonyl (C=O) groups is 2. The fourth-order valence-electron chi connectivity index (χ4n) is 2.17. The predicted molar refractivity (Wildman–Crippen MR) is 97.3 cm³/mol. The molecule has 1 aromatic heterocycles. The van der Waals surface area contributed by atoms with Gasteiger partial charge in [0.15, 0.2) is 18.1 Å². The Hall–Kier alpha value is -2.48. The molecular weight excluding hydrogens is 406 g/mol. The van der Waals surface area contributed by atoms with E-state index < -0.39 is 5.97 Å². The molecule has 0 saturated carbocycles. The smallest absolute Gasteiger partial charge is 0.338 e. The van der Waals surface area contributed by atoms with Gasteiger partial charge in [0.05, 0.1) is 36.6 Å². The van der Waals surface area contributed by atoms with Crippen molar-refractivity contribution in [3.8, 4) is 11.5 Å². The van der Waals surface area contributed by atoms with Crippen LogP contribution in [0.4, 0.5) is 0 Å². The third-order valence-electron chi connectivity index (χ3n) is 3.48. The molecule has 0 aliphatic carbocycles. The van der Waals surface area contributed by atoms with Crippen LogP contribution in [0, 0.1) is 0 Å². The number of nitrogens with zero attached hydrogens (tertiary/aromatic N) is 1. The van der Waals surface area contributed by atoms with Crippen LogP contribution in [0.1, 0.15) is 23.0 Å². The number of methoxy groups -OCH3 is 1. The van der Waals surface area contributed by atoms with Crippen molar-refractivity contribution >= 4 is 27.8 Å². The van der Waals surface area contributed by atoms with E-state index in [1.165, 1.54) is 24.3 Å². The summed E-state index contributed by atoms with van der Waals surface area (Å²) in [7, 11) is 3.09. The molecule has 1 amide bonds. The van der Waals surface area contributed by atoms with Gasteiger partial charge >= 0.3 is 5.97 Å². The maximum absolute atomic E-state index is 12.2. The maximum Gasteiger partial charge on any atom is 0.338 e. The van der Waals surface area contributed by atoms with Crippen LogP contribution in [0.15, 0.2) is 39.4 Å². The number of rotatable bonds is 8. The van der Waals surface area contributed by atoms with Crippen molar-refractivity contribution in [2.75, 3.05) is 27.4 Å². The molecule has 1 heterocycles. The zero-order chi connectivity index (χ0) is 19.1. The number of hydrogen-bond donors (Lipinski definition) is 0. The van der Waals surface area contributed by atoms with Gasteiger partial charge in [0.2, 0.25) is 0 Å². The van der Waals surface area contributed by atoms with E-state index in [0.717, 1.165) is 0 Å². The summed E-state index contributed by atoms with van der Waals surface area (Å²) in [5.74, 6) is 0.570. The highest BCUT2D eigenvalue weighted by Crippen LogP contribution is 2.36. The lowest BCUT2D eigenvalue weighted by atomic mass is 10.2. The molecular formula is C18H20BrNO6. The molecule has 7 nitrogen and oxygen atoms in total. The Kier molecular flexibility index (Phi) is 7.08. The van der Waals surface area contributed by atoms with Gasteiger partial charge in [-0.2, -0.15) is 0 Å². The number of hydrogen-bond acceptors (Lipinski definition) is 6. The van der Waals surface area contributed by atoms with Crippen molar-refractivity contribution in [2.45, 2.75) is 13.5 Å². The van der Waals surface area contributed by atoms with Crippen molar-refractivity contribution in [3.05, 3.63) is 46.3 Å². The highest BCUT2D eigenvalue weighted by molar-refractivity contribution is 9.10. The lowest BCUT2D eigenvalue weighted by Gasteiger charge is -2.16. The van der Waals surface area contributed by atoms with Crippen molar-refractivity contribution in [3.63, 3.8) is 0 Å². The van der Waals surface area contributed by atoms with Gasteiger partial charge in [0.1, 0.15) is 5.76 Å². The van der Waals surface area contributed by atoms with E-state index in [-0.39, 0.29) is 18.1 Å². The Labute approximate surface area is 159 Å². The van der Waals surface area contributed by atoms with Gasteiger partial charge in [-0.25, -0.2) is 4.79 Å². The van der Waals surface area contributed by atoms with E-state index in [9.17, 15) is 9.59 Å². The summed E-state index contributed by atoms with van der Waals surface area (Å²) in [6.45, 7) is 2.23. The highest BCUT2D eigenvalue weighted by Gasteiger charge is 2.18. The summed E-state index contributed by atoms with van der Waals surface area (Å²) in [4.78, 5) is 25.8. The average Bonchev–Trinajstić information content (AvgIpc) is 3.13. The van der Waals surface area contributed by atoms with Gasteiger partial charge < -0.3 is 23.5 Å². The Morgan fingerprint density at radius 1 is 1.31 bits per heavy atom. The molecule has 0 N–H and O–H groups in total. The number of carbonyl (C=O) groups excluding carboxylic acids is 2. The predicted octanol–water partition coefficient (Wildman–Crippen LogP) is 3.26. The van der Waals surface area contributed by atoms with Crippen LogP contribution in [-0.4, -0.2) is 44.1 Å². The van der Waals surface area contributed by atoms with E-state index >= 15 is 0 Å². The molecule has 2 rings (SSSR count). The minimum absolute atomic E-state index is 0.249. The SMILES string of the molecule is CCOc1c(Br)cc(C(=O)OCC(=O)N(C)Cc2ccco2)cc1OC. The molecule has 0 spiro atoms. The van der Waals surface area contributed by atoms with Crippen LogP contribution in [0.3, 0.4) is 0 Å². The summed E-state index contributed by atoms with van der Waals surface area (Å²) in [6, 6.07) is 6.58. The first-order valence-electron chi connectivity index (χ1n) is 7.90. The third kappa shape index (κ3) is 5.01. The summed E-state index contributed by atoms with van der Waals surface area (Å²) >= 11 is 3.35. The number of ether oxygens (including phenoxy) is 3. The maximum atomic E-state index is 12.2. The lowest BCUT2D eigenvalue weighted by molar-refractivity contribution is -0.133. The number of furan rings is 1. The second-order valence-corrected chi connectivity index (χ2v) is 6.18. The van der Waals surface area contributed by atoms with Crippen molar-refractivity contribution in [2.24, 2.45) is 0 Å². The second kappa shape index (κ2) is 9.28. The number of amides is 1. The molecule has 26 heavy (non-hydrogen) atoms. The Morgan fingerprint density at radius 2 is 2.08 bits per heavy atom. The fourth-order valence-corrected chi connectivity index (χ4v) is 2.72. The quantitative estimate of drug-likeness (QED) is 0.603. The van der Waals surface area contributed by atoms with Crippen molar-refractivity contribution in [1.29, 1.82) is 0 Å². The van der Waals surface area contributed by atoms with Crippen molar-refractivity contribution in [1.82, 2.24) is 4.90 Å². The fraction of sp³-hybridized carbons (Fsp3) is 0.333. The molecule has 8 heteroatoms. The van der Waals surface area contributed by atoms with E-state index in [4.69, 9.17) is 18.6 Å². The van der Waals surface area contributed by atoms with Gasteiger partial charge in [0.25, 0.3) is 5.91 Å². The molecule has 0 aliphatic rings. The molecule has 140 valence electrons. The summed E-state index contributed by atoms with van der Waals surface area (Å²) < 4.78 is 21.6. The largest absolute Gasteiger partial charge is 0.493 e. The first kappa shape index (κ1) is 19.8. The molecule has 0 unspecified atom stereocenters. The van der Waals surface area contributed by atoms with Gasteiger partial charge in [-0.05, 0) is 47.1 Å². The Bertz CT molecular complexity index is 759. The van der Waals surface area contributed by atoms with Gasteiger partial charge in [0, 0.05) is 7.05 Å².